The van der Waals surface area contributed by atoms with Gasteiger partial charge in [-0.1, -0.05) is 104 Å². The Morgan fingerprint density at radius 1 is 0.538 bits per heavy atom. The van der Waals surface area contributed by atoms with Gasteiger partial charge in [0.15, 0.2) is 18.7 Å². The van der Waals surface area contributed by atoms with E-state index < -0.39 is 92.7 Å². The third kappa shape index (κ3) is 17.3. The van der Waals surface area contributed by atoms with E-state index in [4.69, 9.17) is 28.4 Å². The highest BCUT2D eigenvalue weighted by Crippen LogP contribution is 2.26. The van der Waals surface area contributed by atoms with Crippen molar-refractivity contribution < 1.29 is 73.8 Å². The first-order chi connectivity index (χ1) is 25.0. The summed E-state index contributed by atoms with van der Waals surface area (Å²) in [6.45, 7) is 2.47. The largest absolute Gasteiger partial charge is 0.462 e. The first-order valence-electron chi connectivity index (χ1n) is 19.6. The topological polar surface area (TPSA) is 231 Å². The Hall–Kier alpha value is -1.50. The van der Waals surface area contributed by atoms with Crippen LogP contribution in [0.3, 0.4) is 0 Å². The Morgan fingerprint density at radius 3 is 1.50 bits per heavy atom. The van der Waals surface area contributed by atoms with Gasteiger partial charge in [0.1, 0.15) is 55.4 Å². The van der Waals surface area contributed by atoms with Crippen molar-refractivity contribution >= 4 is 11.9 Å². The fraction of sp³-hybridized carbons (Fsp3) is 0.946. The number of aliphatic hydroxyl groups is 7. The average Bonchev–Trinajstić information content (AvgIpc) is 3.13. The molecule has 52 heavy (non-hydrogen) atoms. The molecule has 0 aromatic rings. The molecule has 2 fully saturated rings. The Kier molecular flexibility index (Phi) is 24.3. The van der Waals surface area contributed by atoms with Crippen LogP contribution < -0.4 is 0 Å². The Morgan fingerprint density at radius 2 is 0.981 bits per heavy atom. The number of hydrogen-bond acceptors (Lipinski definition) is 15. The first kappa shape index (κ1) is 46.7. The van der Waals surface area contributed by atoms with Gasteiger partial charge in [-0.3, -0.25) is 9.59 Å². The molecule has 11 atom stereocenters. The predicted octanol–water partition coefficient (Wildman–Crippen LogP) is 2.14. The summed E-state index contributed by atoms with van der Waals surface area (Å²) in [6.07, 6.45) is 0.610. The molecule has 0 radical (unpaired) electrons. The lowest BCUT2D eigenvalue weighted by Crippen LogP contribution is -2.61. The molecule has 2 aliphatic heterocycles. The van der Waals surface area contributed by atoms with E-state index in [0.717, 1.165) is 44.9 Å². The van der Waals surface area contributed by atoms with Gasteiger partial charge in [-0.2, -0.15) is 0 Å². The van der Waals surface area contributed by atoms with Crippen LogP contribution in [-0.4, -0.2) is 142 Å². The van der Waals surface area contributed by atoms with E-state index in [1.807, 2.05) is 0 Å². The second-order valence-electron chi connectivity index (χ2n) is 14.1. The second-order valence-corrected chi connectivity index (χ2v) is 14.1. The molecule has 0 aliphatic carbocycles. The summed E-state index contributed by atoms with van der Waals surface area (Å²) in [4.78, 5) is 25.3. The van der Waals surface area contributed by atoms with Gasteiger partial charge in [0, 0.05) is 12.8 Å². The molecule has 0 unspecified atom stereocenters. The van der Waals surface area contributed by atoms with Crippen molar-refractivity contribution in [1.82, 2.24) is 0 Å². The van der Waals surface area contributed by atoms with Crippen molar-refractivity contribution in [2.75, 3.05) is 26.4 Å². The van der Waals surface area contributed by atoms with Gasteiger partial charge in [0.25, 0.3) is 0 Å². The van der Waals surface area contributed by atoms with Crippen molar-refractivity contribution in [2.45, 2.75) is 197 Å². The summed E-state index contributed by atoms with van der Waals surface area (Å²) in [5.41, 5.74) is 0. The van der Waals surface area contributed by atoms with Crippen molar-refractivity contribution in [3.05, 3.63) is 0 Å². The molecule has 306 valence electrons. The molecule has 0 aromatic heterocycles. The zero-order valence-corrected chi connectivity index (χ0v) is 31.3. The zero-order valence-electron chi connectivity index (χ0n) is 31.3. The van der Waals surface area contributed by atoms with Crippen molar-refractivity contribution in [3.63, 3.8) is 0 Å². The molecule has 7 N–H and O–H groups in total. The van der Waals surface area contributed by atoms with Crippen LogP contribution in [0.4, 0.5) is 0 Å². The quantitative estimate of drug-likeness (QED) is 0.0449. The second kappa shape index (κ2) is 27.1. The maximum Gasteiger partial charge on any atom is 0.306 e. The molecule has 0 bridgehead atoms. The van der Waals surface area contributed by atoms with Crippen LogP contribution >= 0.6 is 0 Å². The van der Waals surface area contributed by atoms with E-state index in [-0.39, 0.29) is 26.1 Å². The maximum absolute atomic E-state index is 12.8. The highest BCUT2D eigenvalue weighted by atomic mass is 16.7. The molecule has 2 rings (SSSR count). The third-order valence-electron chi connectivity index (χ3n) is 9.59. The van der Waals surface area contributed by atoms with Gasteiger partial charge in [-0.05, 0) is 12.8 Å². The number of rotatable bonds is 28. The predicted molar refractivity (Wildman–Crippen MR) is 188 cm³/mol. The van der Waals surface area contributed by atoms with Crippen LogP contribution in [-0.2, 0) is 38.0 Å². The average molecular weight is 753 g/mol. The molecular formula is C37H68O15. The molecule has 0 amide bonds. The molecule has 0 aromatic carbocycles. The number of hydrogen-bond donors (Lipinski definition) is 7. The van der Waals surface area contributed by atoms with E-state index in [9.17, 15) is 45.3 Å². The number of esters is 2. The molecule has 2 heterocycles. The van der Waals surface area contributed by atoms with Crippen LogP contribution in [0.1, 0.15) is 129 Å². The summed E-state index contributed by atoms with van der Waals surface area (Å²) in [5.74, 6) is -0.933. The summed E-state index contributed by atoms with van der Waals surface area (Å²) in [7, 11) is 0. The van der Waals surface area contributed by atoms with E-state index in [1.165, 1.54) is 44.9 Å². The molecule has 2 aliphatic rings. The normalized spacial score (nSPS) is 29.9. The number of carbonyl (C=O) groups is 2. The van der Waals surface area contributed by atoms with Crippen LogP contribution in [0.2, 0.25) is 0 Å². The molecule has 15 heteroatoms. The van der Waals surface area contributed by atoms with Gasteiger partial charge in [-0.25, -0.2) is 0 Å². The maximum atomic E-state index is 12.8. The van der Waals surface area contributed by atoms with Crippen LogP contribution in [0.5, 0.6) is 0 Å². The summed E-state index contributed by atoms with van der Waals surface area (Å²) < 4.78 is 33.2. The summed E-state index contributed by atoms with van der Waals surface area (Å²) in [5, 5.41) is 71.4. The Labute approximate surface area is 308 Å². The Bertz CT molecular complexity index is 939. The summed E-state index contributed by atoms with van der Waals surface area (Å²) in [6, 6.07) is 0. The smallest absolute Gasteiger partial charge is 0.306 e. The van der Waals surface area contributed by atoms with Crippen LogP contribution in [0, 0.1) is 0 Å². The lowest BCUT2D eigenvalue weighted by atomic mass is 9.98. The van der Waals surface area contributed by atoms with Gasteiger partial charge in [-0.15, -0.1) is 0 Å². The fourth-order valence-electron chi connectivity index (χ4n) is 6.21. The Balaban J connectivity index is 1.92. The lowest BCUT2D eigenvalue weighted by Gasteiger charge is -2.42. The van der Waals surface area contributed by atoms with Gasteiger partial charge in [0.05, 0.1) is 19.8 Å². The molecule has 0 spiro atoms. The first-order valence-corrected chi connectivity index (χ1v) is 19.6. The number of unbranched alkanes of at least 4 members (excludes halogenated alkanes) is 14. The zero-order chi connectivity index (χ0) is 38.3. The lowest BCUT2D eigenvalue weighted by molar-refractivity contribution is -0.332. The minimum atomic E-state index is -1.76. The van der Waals surface area contributed by atoms with Gasteiger partial charge in [0.2, 0.25) is 0 Å². The van der Waals surface area contributed by atoms with Crippen molar-refractivity contribution in [3.8, 4) is 0 Å². The third-order valence-corrected chi connectivity index (χ3v) is 9.59. The van der Waals surface area contributed by atoms with Crippen molar-refractivity contribution in [2.24, 2.45) is 0 Å². The minimum Gasteiger partial charge on any atom is -0.462 e. The molecule has 15 nitrogen and oxygen atoms in total. The number of ether oxygens (including phenoxy) is 6. The van der Waals surface area contributed by atoms with E-state index in [0.29, 0.717) is 12.8 Å². The van der Waals surface area contributed by atoms with E-state index in [1.54, 1.807) is 0 Å². The standard InChI is InChI=1S/C37H68O15/c1-3-5-7-9-11-12-14-16-18-20-29(40)50-25(22-47-28(39)19-17-15-13-10-8-6-4-2)23-48-36-35(46)33(44)31(42)27(52-36)24-49-37-34(45)32(43)30(41)26(21-38)51-37/h25-27,30-38,41-46H,3-24H2,1-2H3/t25-,26-,27-,30+,31+,32+,33+,34-,35-,36-,37+/m1/s1. The highest BCUT2D eigenvalue weighted by Gasteiger charge is 2.47. The van der Waals surface area contributed by atoms with Gasteiger partial charge >= 0.3 is 11.9 Å². The summed E-state index contributed by atoms with van der Waals surface area (Å²) >= 11 is 0. The fourth-order valence-corrected chi connectivity index (χ4v) is 6.21. The number of carbonyl (C=O) groups excluding carboxylic acids is 2. The van der Waals surface area contributed by atoms with Gasteiger partial charge < -0.3 is 64.2 Å². The van der Waals surface area contributed by atoms with E-state index in [2.05, 4.69) is 13.8 Å². The van der Waals surface area contributed by atoms with Crippen LogP contribution in [0.15, 0.2) is 0 Å². The molecule has 2 saturated heterocycles. The van der Waals surface area contributed by atoms with Crippen LogP contribution in [0.25, 0.3) is 0 Å². The molecule has 0 saturated carbocycles. The number of aliphatic hydroxyl groups excluding tert-OH is 7. The van der Waals surface area contributed by atoms with Crippen molar-refractivity contribution in [1.29, 1.82) is 0 Å². The molecular weight excluding hydrogens is 684 g/mol. The monoisotopic (exact) mass is 752 g/mol. The highest BCUT2D eigenvalue weighted by molar-refractivity contribution is 5.70. The SMILES string of the molecule is CCCCCCCCCCCC(=O)O[C@H](COC(=O)CCCCCCCCC)CO[C@@H]1O[C@H](CO[C@H]2O[C@H](CO)[C@H](O)[C@H](O)[C@H]2O)[C@H](O)[C@H](O)[C@H]1O. The minimum absolute atomic E-state index is 0.170. The van der Waals surface area contributed by atoms with E-state index >= 15 is 0 Å².